The molecule has 17 heavy (non-hydrogen) atoms. The Hall–Kier alpha value is -1.14. The highest BCUT2D eigenvalue weighted by Crippen LogP contribution is 2.17. The number of hydrogen-bond acceptors (Lipinski definition) is 6. The molecule has 1 fully saturated rings. The second-order valence-corrected chi connectivity index (χ2v) is 3.83. The monoisotopic (exact) mass is 246 g/mol. The van der Waals surface area contributed by atoms with Crippen LogP contribution in [0.1, 0.15) is 19.8 Å². The van der Waals surface area contributed by atoms with E-state index in [9.17, 15) is 9.59 Å². The van der Waals surface area contributed by atoms with Crippen molar-refractivity contribution in [2.75, 3.05) is 26.9 Å². The quantitative estimate of drug-likeness (QED) is 0.649. The number of esters is 2. The van der Waals surface area contributed by atoms with Crippen molar-refractivity contribution in [3.8, 4) is 0 Å². The summed E-state index contributed by atoms with van der Waals surface area (Å²) in [6.07, 6.45) is 1.14. The van der Waals surface area contributed by atoms with Gasteiger partial charge in [0.05, 0.1) is 19.3 Å². The fourth-order valence-corrected chi connectivity index (χ4v) is 1.57. The maximum absolute atomic E-state index is 10.9. The Morgan fingerprint density at radius 1 is 1.41 bits per heavy atom. The molecule has 0 aromatic carbocycles. The van der Waals surface area contributed by atoms with Crippen LogP contribution in [0.25, 0.3) is 0 Å². The molecule has 1 aliphatic heterocycles. The molecule has 1 saturated heterocycles. The van der Waals surface area contributed by atoms with Crippen LogP contribution in [0.5, 0.6) is 0 Å². The third kappa shape index (κ3) is 5.65. The van der Waals surface area contributed by atoms with Gasteiger partial charge in [-0.3, -0.25) is 4.79 Å². The van der Waals surface area contributed by atoms with Gasteiger partial charge in [0.25, 0.3) is 0 Å². The summed E-state index contributed by atoms with van der Waals surface area (Å²) in [7, 11) is 1.32. The normalized spacial score (nSPS) is 24.1. The lowest BCUT2D eigenvalue weighted by molar-refractivity contribution is -0.156. The maximum Gasteiger partial charge on any atom is 0.331 e. The zero-order valence-corrected chi connectivity index (χ0v) is 10.1. The second-order valence-electron chi connectivity index (χ2n) is 3.83. The van der Waals surface area contributed by atoms with E-state index >= 15 is 0 Å². The van der Waals surface area contributed by atoms with Crippen molar-refractivity contribution in [3.63, 3.8) is 0 Å². The molecule has 1 heterocycles. The predicted molar refractivity (Wildman–Crippen MR) is 57.4 cm³/mol. The minimum absolute atomic E-state index is 0.0524. The molecular weight excluding hydrogens is 228 g/mol. The van der Waals surface area contributed by atoms with Crippen molar-refractivity contribution in [1.29, 1.82) is 0 Å². The molecule has 2 unspecified atom stereocenters. The van der Waals surface area contributed by atoms with Crippen LogP contribution in [0.15, 0.2) is 0 Å². The average molecular weight is 246 g/mol. The van der Waals surface area contributed by atoms with Crippen LogP contribution in [0.2, 0.25) is 0 Å². The minimum atomic E-state index is -0.395. The topological polar surface area (TPSA) is 71.1 Å². The third-order valence-electron chi connectivity index (χ3n) is 2.46. The first-order chi connectivity index (χ1) is 8.11. The zero-order chi connectivity index (χ0) is 12.7. The molecule has 98 valence electrons. The summed E-state index contributed by atoms with van der Waals surface area (Å²) in [5, 5.41) is 0. The van der Waals surface area contributed by atoms with Crippen LogP contribution in [-0.2, 0) is 28.5 Å². The summed E-state index contributed by atoms with van der Waals surface area (Å²) in [6, 6.07) is 0. The first-order valence-electron chi connectivity index (χ1n) is 5.55. The number of ether oxygens (including phenoxy) is 4. The molecule has 1 aliphatic rings. The molecule has 0 aliphatic carbocycles. The Morgan fingerprint density at radius 3 is 2.82 bits per heavy atom. The van der Waals surface area contributed by atoms with Crippen LogP contribution in [-0.4, -0.2) is 51.1 Å². The van der Waals surface area contributed by atoms with E-state index in [-0.39, 0.29) is 31.4 Å². The number of hydrogen-bond donors (Lipinski definition) is 0. The van der Waals surface area contributed by atoms with Gasteiger partial charge in [-0.15, -0.1) is 0 Å². The van der Waals surface area contributed by atoms with Crippen LogP contribution in [0.3, 0.4) is 0 Å². The molecule has 0 N–H and O–H groups in total. The highest BCUT2D eigenvalue weighted by molar-refractivity contribution is 5.70. The van der Waals surface area contributed by atoms with Gasteiger partial charge in [-0.2, -0.15) is 0 Å². The standard InChI is InChI=1S/C11H18O6/c1-8(12)16-6-10-5-9(3-4-15-10)17-7-11(13)14-2/h9-10H,3-7H2,1-2H3. The van der Waals surface area contributed by atoms with Gasteiger partial charge >= 0.3 is 11.9 Å². The predicted octanol–water partition coefficient (Wildman–Crippen LogP) is 0.287. The van der Waals surface area contributed by atoms with Crippen molar-refractivity contribution in [2.24, 2.45) is 0 Å². The highest BCUT2D eigenvalue weighted by Gasteiger charge is 2.24. The van der Waals surface area contributed by atoms with Crippen molar-refractivity contribution in [2.45, 2.75) is 32.0 Å². The second kappa shape index (κ2) is 7.24. The molecule has 0 saturated carbocycles. The van der Waals surface area contributed by atoms with Gasteiger partial charge in [-0.1, -0.05) is 0 Å². The largest absolute Gasteiger partial charge is 0.467 e. The van der Waals surface area contributed by atoms with Crippen LogP contribution in [0.4, 0.5) is 0 Å². The minimum Gasteiger partial charge on any atom is -0.467 e. The summed E-state index contributed by atoms with van der Waals surface area (Å²) >= 11 is 0. The molecule has 0 amide bonds. The molecular formula is C11H18O6. The Bertz CT molecular complexity index is 265. The van der Waals surface area contributed by atoms with Crippen LogP contribution >= 0.6 is 0 Å². The van der Waals surface area contributed by atoms with Crippen molar-refractivity contribution in [3.05, 3.63) is 0 Å². The van der Waals surface area contributed by atoms with Crippen molar-refractivity contribution < 1.29 is 28.5 Å². The number of carbonyl (C=O) groups is 2. The summed E-state index contributed by atoms with van der Waals surface area (Å²) in [6.45, 7) is 2.07. The van der Waals surface area contributed by atoms with Crippen molar-refractivity contribution >= 4 is 11.9 Å². The Balaban J connectivity index is 2.23. The summed E-state index contributed by atoms with van der Waals surface area (Å²) in [5.41, 5.74) is 0. The van der Waals surface area contributed by atoms with E-state index in [4.69, 9.17) is 14.2 Å². The van der Waals surface area contributed by atoms with Crippen LogP contribution < -0.4 is 0 Å². The van der Waals surface area contributed by atoms with Gasteiger partial charge in [0.1, 0.15) is 13.2 Å². The van der Waals surface area contributed by atoms with E-state index in [1.807, 2.05) is 0 Å². The van der Waals surface area contributed by atoms with Gasteiger partial charge in [0, 0.05) is 20.0 Å². The lowest BCUT2D eigenvalue weighted by atomic mass is 10.1. The summed E-state index contributed by atoms with van der Waals surface area (Å²) in [5.74, 6) is -0.723. The van der Waals surface area contributed by atoms with E-state index < -0.39 is 5.97 Å². The molecule has 0 aromatic rings. The fourth-order valence-electron chi connectivity index (χ4n) is 1.57. The lowest BCUT2D eigenvalue weighted by Crippen LogP contribution is -2.35. The summed E-state index contributed by atoms with van der Waals surface area (Å²) < 4.78 is 20.1. The molecule has 0 aromatic heterocycles. The Kier molecular flexibility index (Phi) is 5.93. The summed E-state index contributed by atoms with van der Waals surface area (Å²) in [4.78, 5) is 21.6. The van der Waals surface area contributed by atoms with E-state index in [2.05, 4.69) is 4.74 Å². The maximum atomic E-state index is 10.9. The van der Waals surface area contributed by atoms with E-state index in [0.717, 1.165) is 6.42 Å². The number of carbonyl (C=O) groups excluding carboxylic acids is 2. The molecule has 2 atom stereocenters. The van der Waals surface area contributed by atoms with E-state index in [0.29, 0.717) is 13.0 Å². The molecule has 6 heteroatoms. The van der Waals surface area contributed by atoms with E-state index in [1.165, 1.54) is 14.0 Å². The Morgan fingerprint density at radius 2 is 2.18 bits per heavy atom. The van der Waals surface area contributed by atoms with Crippen molar-refractivity contribution in [1.82, 2.24) is 0 Å². The van der Waals surface area contributed by atoms with Crippen LogP contribution in [0, 0.1) is 0 Å². The molecule has 0 radical (unpaired) electrons. The molecule has 6 nitrogen and oxygen atoms in total. The van der Waals surface area contributed by atoms with Gasteiger partial charge in [-0.25, -0.2) is 4.79 Å². The molecule has 0 bridgehead atoms. The average Bonchev–Trinajstić information content (AvgIpc) is 2.34. The SMILES string of the molecule is COC(=O)COC1CCOC(COC(C)=O)C1. The Labute approximate surface area is 100 Å². The highest BCUT2D eigenvalue weighted by atomic mass is 16.6. The van der Waals surface area contributed by atoms with Gasteiger partial charge in [0.15, 0.2) is 0 Å². The fraction of sp³-hybridized carbons (Fsp3) is 0.818. The molecule has 0 spiro atoms. The smallest absolute Gasteiger partial charge is 0.331 e. The first kappa shape index (κ1) is 13.9. The molecule has 1 rings (SSSR count). The van der Waals surface area contributed by atoms with Gasteiger partial charge in [0.2, 0.25) is 0 Å². The zero-order valence-electron chi connectivity index (χ0n) is 10.1. The van der Waals surface area contributed by atoms with E-state index in [1.54, 1.807) is 0 Å². The van der Waals surface area contributed by atoms with Gasteiger partial charge < -0.3 is 18.9 Å². The lowest BCUT2D eigenvalue weighted by Gasteiger charge is -2.28. The van der Waals surface area contributed by atoms with Gasteiger partial charge in [-0.05, 0) is 6.42 Å². The number of rotatable bonds is 5. The number of methoxy groups -OCH3 is 1. The third-order valence-corrected chi connectivity index (χ3v) is 2.46. The first-order valence-corrected chi connectivity index (χ1v) is 5.55.